The monoisotopic (exact) mass is 280 g/mol. The summed E-state index contributed by atoms with van der Waals surface area (Å²) in [6.07, 6.45) is 2.73. The molecule has 0 atom stereocenters. The van der Waals surface area contributed by atoms with Gasteiger partial charge in [0.15, 0.2) is 0 Å². The van der Waals surface area contributed by atoms with Crippen LogP contribution in [-0.2, 0) is 4.74 Å². The van der Waals surface area contributed by atoms with Crippen molar-refractivity contribution in [3.05, 3.63) is 17.5 Å². The standard InChI is InChI=1S/C13H20N4O3/c1-3-20-13(19)17-6-4-10(5-7-17)15-12(18)11-8-14-16-9(11)2/h8,10H,3-7H2,1-2H3,(H,14,16)(H,15,18). The molecule has 20 heavy (non-hydrogen) atoms. The molecule has 2 rings (SSSR count). The Labute approximate surface area is 117 Å². The van der Waals surface area contributed by atoms with Crippen LogP contribution in [-0.4, -0.2) is 52.8 Å². The molecule has 7 nitrogen and oxygen atoms in total. The number of hydrogen-bond donors (Lipinski definition) is 2. The molecule has 0 saturated carbocycles. The van der Waals surface area contributed by atoms with Crippen LogP contribution in [0.4, 0.5) is 4.79 Å². The molecular weight excluding hydrogens is 260 g/mol. The fraction of sp³-hybridized carbons (Fsp3) is 0.615. The van der Waals surface area contributed by atoms with Gasteiger partial charge in [-0.15, -0.1) is 0 Å². The Bertz CT molecular complexity index is 478. The van der Waals surface area contributed by atoms with Crippen molar-refractivity contribution in [1.82, 2.24) is 20.4 Å². The summed E-state index contributed by atoms with van der Waals surface area (Å²) >= 11 is 0. The number of nitrogens with one attached hydrogen (secondary N) is 2. The Morgan fingerprint density at radius 3 is 2.75 bits per heavy atom. The second-order valence-corrected chi connectivity index (χ2v) is 4.84. The van der Waals surface area contributed by atoms with E-state index in [9.17, 15) is 9.59 Å². The van der Waals surface area contributed by atoms with Gasteiger partial charge >= 0.3 is 6.09 Å². The van der Waals surface area contributed by atoms with Crippen LogP contribution in [0, 0.1) is 6.92 Å². The Morgan fingerprint density at radius 1 is 1.50 bits per heavy atom. The Balaban J connectivity index is 1.81. The lowest BCUT2D eigenvalue weighted by Crippen LogP contribution is -2.46. The molecule has 0 aliphatic carbocycles. The quantitative estimate of drug-likeness (QED) is 0.867. The maximum absolute atomic E-state index is 12.0. The number of carbonyl (C=O) groups is 2. The van der Waals surface area contributed by atoms with Crippen molar-refractivity contribution in [2.24, 2.45) is 0 Å². The van der Waals surface area contributed by atoms with E-state index in [-0.39, 0.29) is 18.0 Å². The summed E-state index contributed by atoms with van der Waals surface area (Å²) in [5.74, 6) is -0.120. The van der Waals surface area contributed by atoms with Gasteiger partial charge in [0.1, 0.15) is 0 Å². The molecule has 0 unspecified atom stereocenters. The number of aromatic amines is 1. The van der Waals surface area contributed by atoms with E-state index < -0.39 is 0 Å². The van der Waals surface area contributed by atoms with Crippen LogP contribution in [0.5, 0.6) is 0 Å². The van der Waals surface area contributed by atoms with E-state index >= 15 is 0 Å². The lowest BCUT2D eigenvalue weighted by atomic mass is 10.0. The SMILES string of the molecule is CCOC(=O)N1CCC(NC(=O)c2cn[nH]c2C)CC1. The molecule has 110 valence electrons. The molecule has 1 aromatic rings. The van der Waals surface area contributed by atoms with Gasteiger partial charge in [0.25, 0.3) is 5.91 Å². The zero-order chi connectivity index (χ0) is 14.5. The second-order valence-electron chi connectivity index (χ2n) is 4.84. The fourth-order valence-electron chi connectivity index (χ4n) is 2.26. The first-order valence-corrected chi connectivity index (χ1v) is 6.84. The number of rotatable bonds is 3. The summed E-state index contributed by atoms with van der Waals surface area (Å²) in [6.45, 7) is 5.20. The number of amides is 2. The largest absolute Gasteiger partial charge is 0.450 e. The highest BCUT2D eigenvalue weighted by molar-refractivity contribution is 5.95. The van der Waals surface area contributed by atoms with Crippen LogP contribution in [0.2, 0.25) is 0 Å². The lowest BCUT2D eigenvalue weighted by molar-refractivity contribution is 0.0860. The van der Waals surface area contributed by atoms with Gasteiger partial charge in [-0.3, -0.25) is 9.89 Å². The molecule has 1 aliphatic heterocycles. The molecule has 0 spiro atoms. The van der Waals surface area contributed by atoms with Gasteiger partial charge in [-0.2, -0.15) is 5.10 Å². The minimum Gasteiger partial charge on any atom is -0.450 e. The van der Waals surface area contributed by atoms with Crippen molar-refractivity contribution in [1.29, 1.82) is 0 Å². The topological polar surface area (TPSA) is 87.3 Å². The van der Waals surface area contributed by atoms with E-state index in [1.165, 1.54) is 6.20 Å². The predicted octanol–water partition coefficient (Wildman–Crippen LogP) is 1.07. The summed E-state index contributed by atoms with van der Waals surface area (Å²) in [6, 6.07) is 0.0856. The van der Waals surface area contributed by atoms with Gasteiger partial charge in [-0.1, -0.05) is 0 Å². The van der Waals surface area contributed by atoms with E-state index in [2.05, 4.69) is 15.5 Å². The number of carbonyl (C=O) groups excluding carboxylic acids is 2. The molecule has 1 aromatic heterocycles. The average molecular weight is 280 g/mol. The highest BCUT2D eigenvalue weighted by atomic mass is 16.6. The number of nitrogens with zero attached hydrogens (tertiary/aromatic N) is 2. The number of hydrogen-bond acceptors (Lipinski definition) is 4. The molecule has 1 fully saturated rings. The van der Waals surface area contributed by atoms with Gasteiger partial charge in [0.2, 0.25) is 0 Å². The summed E-state index contributed by atoms with van der Waals surface area (Å²) < 4.78 is 4.96. The van der Waals surface area contributed by atoms with E-state index in [1.807, 2.05) is 6.92 Å². The molecule has 0 aromatic carbocycles. The first-order chi connectivity index (χ1) is 9.61. The molecular formula is C13H20N4O3. The van der Waals surface area contributed by atoms with Gasteiger partial charge in [-0.05, 0) is 26.7 Å². The summed E-state index contributed by atoms with van der Waals surface area (Å²) in [5, 5.41) is 9.55. The Hall–Kier alpha value is -2.05. The molecule has 1 aliphatic rings. The van der Waals surface area contributed by atoms with Crippen molar-refractivity contribution in [3.63, 3.8) is 0 Å². The Morgan fingerprint density at radius 2 is 2.20 bits per heavy atom. The van der Waals surface area contributed by atoms with Crippen LogP contribution < -0.4 is 5.32 Å². The molecule has 2 amide bonds. The molecule has 7 heteroatoms. The first kappa shape index (κ1) is 14.4. The maximum atomic E-state index is 12.0. The fourth-order valence-corrected chi connectivity index (χ4v) is 2.26. The van der Waals surface area contributed by atoms with Crippen LogP contribution in [0.1, 0.15) is 35.8 Å². The maximum Gasteiger partial charge on any atom is 0.409 e. The van der Waals surface area contributed by atoms with Gasteiger partial charge in [0, 0.05) is 24.8 Å². The third-order valence-corrected chi connectivity index (χ3v) is 3.43. The van der Waals surface area contributed by atoms with Crippen molar-refractivity contribution in [3.8, 4) is 0 Å². The molecule has 0 bridgehead atoms. The summed E-state index contributed by atoms with van der Waals surface area (Å²) in [5.41, 5.74) is 1.32. The van der Waals surface area contributed by atoms with E-state index in [0.717, 1.165) is 18.5 Å². The minimum absolute atomic E-state index is 0.0856. The van der Waals surface area contributed by atoms with Gasteiger partial charge in [-0.25, -0.2) is 4.79 Å². The van der Waals surface area contributed by atoms with Gasteiger partial charge < -0.3 is 15.0 Å². The van der Waals surface area contributed by atoms with Crippen molar-refractivity contribution in [2.45, 2.75) is 32.7 Å². The van der Waals surface area contributed by atoms with Crippen LogP contribution in [0.15, 0.2) is 6.20 Å². The zero-order valence-electron chi connectivity index (χ0n) is 11.8. The highest BCUT2D eigenvalue weighted by Gasteiger charge is 2.25. The van der Waals surface area contributed by atoms with Crippen LogP contribution in [0.25, 0.3) is 0 Å². The first-order valence-electron chi connectivity index (χ1n) is 6.84. The number of aryl methyl sites for hydroxylation is 1. The van der Waals surface area contributed by atoms with Crippen molar-refractivity contribution < 1.29 is 14.3 Å². The molecule has 0 radical (unpaired) electrons. The zero-order valence-corrected chi connectivity index (χ0v) is 11.8. The number of piperidine rings is 1. The molecule has 2 N–H and O–H groups in total. The third kappa shape index (κ3) is 3.28. The third-order valence-electron chi connectivity index (χ3n) is 3.43. The van der Waals surface area contributed by atoms with E-state index in [0.29, 0.717) is 25.3 Å². The molecule has 2 heterocycles. The smallest absolute Gasteiger partial charge is 0.409 e. The van der Waals surface area contributed by atoms with Gasteiger partial charge in [0.05, 0.1) is 18.4 Å². The van der Waals surface area contributed by atoms with Crippen molar-refractivity contribution in [2.75, 3.05) is 19.7 Å². The Kier molecular flexibility index (Phi) is 4.60. The van der Waals surface area contributed by atoms with E-state index in [4.69, 9.17) is 4.74 Å². The number of likely N-dealkylation sites (tertiary alicyclic amines) is 1. The average Bonchev–Trinajstić information content (AvgIpc) is 2.86. The lowest BCUT2D eigenvalue weighted by Gasteiger charge is -2.31. The summed E-state index contributed by atoms with van der Waals surface area (Å²) in [7, 11) is 0. The number of ether oxygens (including phenoxy) is 1. The van der Waals surface area contributed by atoms with Crippen LogP contribution in [0.3, 0.4) is 0 Å². The van der Waals surface area contributed by atoms with Crippen molar-refractivity contribution >= 4 is 12.0 Å². The second kappa shape index (κ2) is 6.40. The summed E-state index contributed by atoms with van der Waals surface area (Å²) in [4.78, 5) is 25.3. The minimum atomic E-state index is -0.275. The normalized spacial score (nSPS) is 16.0. The van der Waals surface area contributed by atoms with Crippen LogP contribution >= 0.6 is 0 Å². The highest BCUT2D eigenvalue weighted by Crippen LogP contribution is 2.13. The molecule has 1 saturated heterocycles. The van der Waals surface area contributed by atoms with E-state index in [1.54, 1.807) is 11.8 Å². The number of H-pyrrole nitrogens is 1. The number of aromatic nitrogens is 2. The predicted molar refractivity (Wildman–Crippen MR) is 72.4 cm³/mol.